The van der Waals surface area contributed by atoms with E-state index in [-0.39, 0.29) is 5.92 Å². The van der Waals surface area contributed by atoms with Gasteiger partial charge in [-0.1, -0.05) is 19.1 Å². The molecule has 4 heteroatoms. The van der Waals surface area contributed by atoms with Gasteiger partial charge in [0.25, 0.3) is 0 Å². The minimum Gasteiger partial charge on any atom is -0.249 e. The lowest BCUT2D eigenvalue weighted by molar-refractivity contribution is 0.350. The summed E-state index contributed by atoms with van der Waals surface area (Å²) in [5, 5.41) is 7.70. The van der Waals surface area contributed by atoms with Crippen LogP contribution in [-0.2, 0) is 7.05 Å². The largest absolute Gasteiger partial charge is 0.249 e. The highest BCUT2D eigenvalue weighted by atomic mass is 19.1. The van der Waals surface area contributed by atoms with Gasteiger partial charge in [-0.3, -0.25) is 0 Å². The molecule has 0 bridgehead atoms. The number of nitrogens with zero attached hydrogens (tertiary/aromatic N) is 3. The summed E-state index contributed by atoms with van der Waals surface area (Å²) in [5.74, 6) is 0.229. The first-order valence-corrected chi connectivity index (χ1v) is 4.07. The molecule has 3 nitrogen and oxygen atoms in total. The van der Waals surface area contributed by atoms with Crippen LogP contribution in [0.5, 0.6) is 0 Å². The lowest BCUT2D eigenvalue weighted by Gasteiger charge is -2.06. The van der Waals surface area contributed by atoms with Crippen molar-refractivity contribution in [3.63, 3.8) is 0 Å². The van der Waals surface area contributed by atoms with Crippen molar-refractivity contribution in [2.75, 3.05) is 0 Å². The van der Waals surface area contributed by atoms with Crippen LogP contribution in [0.1, 0.15) is 44.2 Å². The first-order chi connectivity index (χ1) is 5.54. The van der Waals surface area contributed by atoms with Gasteiger partial charge in [0.15, 0.2) is 0 Å². The molecule has 0 fully saturated rings. The zero-order chi connectivity index (χ0) is 9.30. The van der Waals surface area contributed by atoms with Gasteiger partial charge in [-0.2, -0.15) is 0 Å². The molecule has 0 amide bonds. The van der Waals surface area contributed by atoms with E-state index in [0.29, 0.717) is 5.69 Å². The third-order valence-corrected chi connectivity index (χ3v) is 1.82. The Morgan fingerprint density at radius 3 is 2.25 bits per heavy atom. The van der Waals surface area contributed by atoms with E-state index in [0.717, 1.165) is 5.69 Å². The summed E-state index contributed by atoms with van der Waals surface area (Å²) in [7, 11) is 1.71. The van der Waals surface area contributed by atoms with Crippen molar-refractivity contribution in [2.45, 2.75) is 32.9 Å². The van der Waals surface area contributed by atoms with E-state index >= 15 is 0 Å². The van der Waals surface area contributed by atoms with Crippen molar-refractivity contribution in [1.82, 2.24) is 15.0 Å². The number of hydrogen-bond donors (Lipinski definition) is 0. The second-order valence-corrected chi connectivity index (χ2v) is 3.25. The molecule has 12 heavy (non-hydrogen) atoms. The first kappa shape index (κ1) is 9.16. The molecule has 0 aliphatic rings. The Morgan fingerprint density at radius 1 is 1.33 bits per heavy atom. The zero-order valence-electron chi connectivity index (χ0n) is 7.87. The summed E-state index contributed by atoms with van der Waals surface area (Å²) in [5.41, 5.74) is 1.34. The highest BCUT2D eigenvalue weighted by molar-refractivity contribution is 5.15. The van der Waals surface area contributed by atoms with Gasteiger partial charge in [0.1, 0.15) is 6.17 Å². The number of halogens is 1. The average Bonchev–Trinajstić information content (AvgIpc) is 2.30. The van der Waals surface area contributed by atoms with Crippen LogP contribution in [0.15, 0.2) is 0 Å². The minimum absolute atomic E-state index is 0.229. The molecule has 0 saturated carbocycles. The lowest BCUT2D eigenvalue weighted by atomic mass is 10.1. The van der Waals surface area contributed by atoms with E-state index < -0.39 is 6.17 Å². The molecule has 1 aromatic heterocycles. The Hall–Kier alpha value is -0.930. The average molecular weight is 171 g/mol. The fourth-order valence-corrected chi connectivity index (χ4v) is 1.25. The molecule has 1 aromatic rings. The molecule has 0 spiro atoms. The summed E-state index contributed by atoms with van der Waals surface area (Å²) in [6.07, 6.45) is -0.998. The second-order valence-electron chi connectivity index (χ2n) is 3.25. The van der Waals surface area contributed by atoms with Crippen molar-refractivity contribution in [3.05, 3.63) is 11.4 Å². The standard InChI is InChI=1S/C8H14FN3/c1-5(2)7-8(6(3)9)12(4)11-10-7/h5-6H,1-4H3. The molecular weight excluding hydrogens is 157 g/mol. The Kier molecular flexibility index (Phi) is 2.45. The van der Waals surface area contributed by atoms with Gasteiger partial charge in [0, 0.05) is 7.05 Å². The van der Waals surface area contributed by atoms with Crippen LogP contribution in [0.2, 0.25) is 0 Å². The smallest absolute Gasteiger partial charge is 0.141 e. The van der Waals surface area contributed by atoms with Crippen LogP contribution in [0.4, 0.5) is 4.39 Å². The van der Waals surface area contributed by atoms with Crippen LogP contribution >= 0.6 is 0 Å². The highest BCUT2D eigenvalue weighted by Crippen LogP contribution is 2.23. The second kappa shape index (κ2) is 3.21. The molecule has 1 atom stereocenters. The highest BCUT2D eigenvalue weighted by Gasteiger charge is 2.18. The monoisotopic (exact) mass is 171 g/mol. The van der Waals surface area contributed by atoms with E-state index in [4.69, 9.17) is 0 Å². The maximum Gasteiger partial charge on any atom is 0.141 e. The quantitative estimate of drug-likeness (QED) is 0.681. The molecule has 0 aliphatic heterocycles. The van der Waals surface area contributed by atoms with Gasteiger partial charge in [0.05, 0.1) is 11.4 Å². The van der Waals surface area contributed by atoms with Gasteiger partial charge in [-0.25, -0.2) is 9.07 Å². The normalized spacial score (nSPS) is 13.8. The summed E-state index contributed by atoms with van der Waals surface area (Å²) >= 11 is 0. The van der Waals surface area contributed by atoms with E-state index in [2.05, 4.69) is 10.3 Å². The van der Waals surface area contributed by atoms with Gasteiger partial charge < -0.3 is 0 Å². The van der Waals surface area contributed by atoms with Crippen LogP contribution in [0.3, 0.4) is 0 Å². The molecule has 0 saturated heterocycles. The Morgan fingerprint density at radius 2 is 1.92 bits per heavy atom. The van der Waals surface area contributed by atoms with E-state index in [1.165, 1.54) is 11.6 Å². The van der Waals surface area contributed by atoms with Crippen molar-refractivity contribution < 1.29 is 4.39 Å². The van der Waals surface area contributed by atoms with E-state index in [1.807, 2.05) is 13.8 Å². The van der Waals surface area contributed by atoms with E-state index in [9.17, 15) is 4.39 Å². The molecule has 1 heterocycles. The number of hydrogen-bond acceptors (Lipinski definition) is 2. The van der Waals surface area contributed by atoms with Crippen LogP contribution < -0.4 is 0 Å². The van der Waals surface area contributed by atoms with Crippen molar-refractivity contribution in [3.8, 4) is 0 Å². The van der Waals surface area contributed by atoms with Gasteiger partial charge >= 0.3 is 0 Å². The van der Waals surface area contributed by atoms with E-state index in [1.54, 1.807) is 7.05 Å². The topological polar surface area (TPSA) is 30.7 Å². The lowest BCUT2D eigenvalue weighted by Crippen LogP contribution is -2.02. The van der Waals surface area contributed by atoms with Crippen LogP contribution in [0.25, 0.3) is 0 Å². The minimum atomic E-state index is -0.998. The summed E-state index contributed by atoms with van der Waals surface area (Å²) in [6.45, 7) is 5.47. The van der Waals surface area contributed by atoms with Crippen molar-refractivity contribution in [2.24, 2.45) is 7.05 Å². The molecule has 1 rings (SSSR count). The maximum absolute atomic E-state index is 13.0. The number of aryl methyl sites for hydroxylation is 1. The molecule has 0 aliphatic carbocycles. The van der Waals surface area contributed by atoms with Crippen LogP contribution in [0, 0.1) is 0 Å². The van der Waals surface area contributed by atoms with Crippen molar-refractivity contribution >= 4 is 0 Å². The molecule has 0 aromatic carbocycles. The third-order valence-electron chi connectivity index (χ3n) is 1.82. The van der Waals surface area contributed by atoms with Crippen LogP contribution in [-0.4, -0.2) is 15.0 Å². The first-order valence-electron chi connectivity index (χ1n) is 4.07. The zero-order valence-corrected chi connectivity index (χ0v) is 7.87. The van der Waals surface area contributed by atoms with Crippen molar-refractivity contribution in [1.29, 1.82) is 0 Å². The molecule has 68 valence electrons. The molecule has 1 unspecified atom stereocenters. The Balaban J connectivity index is 3.12. The third kappa shape index (κ3) is 1.47. The predicted octanol–water partition coefficient (Wildman–Crippen LogP) is 1.97. The van der Waals surface area contributed by atoms with Gasteiger partial charge in [-0.15, -0.1) is 5.10 Å². The molecule has 0 radical (unpaired) electrons. The fraction of sp³-hybridized carbons (Fsp3) is 0.750. The summed E-state index contributed by atoms with van der Waals surface area (Å²) in [4.78, 5) is 0. The number of rotatable bonds is 2. The Labute approximate surface area is 71.6 Å². The molecule has 0 N–H and O–H groups in total. The number of alkyl halides is 1. The SMILES string of the molecule is CC(C)c1nnn(C)c1C(C)F. The Bertz CT molecular complexity index is 265. The van der Waals surface area contributed by atoms with Gasteiger partial charge in [-0.05, 0) is 12.8 Å². The maximum atomic E-state index is 13.0. The number of aromatic nitrogens is 3. The molecular formula is C8H14FN3. The summed E-state index contributed by atoms with van der Waals surface area (Å²) < 4.78 is 14.5. The predicted molar refractivity (Wildman–Crippen MR) is 44.6 cm³/mol. The fourth-order valence-electron chi connectivity index (χ4n) is 1.25. The summed E-state index contributed by atoms with van der Waals surface area (Å²) in [6, 6.07) is 0. The van der Waals surface area contributed by atoms with Gasteiger partial charge in [0.2, 0.25) is 0 Å².